The van der Waals surface area contributed by atoms with Crippen LogP contribution in [0, 0.1) is 6.57 Å². The van der Waals surface area contributed by atoms with Gasteiger partial charge >= 0.3 is 6.09 Å². The first-order chi connectivity index (χ1) is 16.8. The monoisotopic (exact) mass is 475 g/mol. The van der Waals surface area contributed by atoms with Crippen LogP contribution in [0.15, 0.2) is 36.7 Å². The Balaban J connectivity index is 1.47. The molecule has 0 aliphatic carbocycles. The van der Waals surface area contributed by atoms with Gasteiger partial charge in [0.25, 0.3) is 5.82 Å². The number of nitrogens with zero attached hydrogens (tertiary/aromatic N) is 5. The molecular weight excluding hydrogens is 446 g/mol. The molecule has 182 valence electrons. The number of aromatic amines is 1. The molecule has 10 nitrogen and oxygen atoms in total. The van der Waals surface area contributed by atoms with Gasteiger partial charge in [0, 0.05) is 24.2 Å². The van der Waals surface area contributed by atoms with Crippen LogP contribution in [-0.4, -0.2) is 56.5 Å². The van der Waals surface area contributed by atoms with Crippen molar-refractivity contribution in [3.05, 3.63) is 53.6 Å². The number of carbonyl (C=O) groups is 1. The first-order valence-corrected chi connectivity index (χ1v) is 11.4. The standard InChI is InChI=1S/C25H29N7O3/c1-25(2,3)35-24(33)32-10-6-7-17(32)11-16-8-9-18(20(12-16)34-5)19-13-21(31-30-19)29-23-15-27-22(26-4)14-28-23/h8-9,12-15,17H,6-7,10-11H2,1-3,5H3,(H2,28,29,30,31)/t17-/m1/s1. The van der Waals surface area contributed by atoms with Gasteiger partial charge in [0.1, 0.15) is 11.4 Å². The molecule has 0 bridgehead atoms. The number of carbonyl (C=O) groups excluding carboxylic acids is 1. The molecule has 10 heteroatoms. The van der Waals surface area contributed by atoms with Crippen molar-refractivity contribution in [2.45, 2.75) is 51.7 Å². The summed E-state index contributed by atoms with van der Waals surface area (Å²) < 4.78 is 11.3. The first kappa shape index (κ1) is 24.0. The Kier molecular flexibility index (Phi) is 6.87. The summed E-state index contributed by atoms with van der Waals surface area (Å²) >= 11 is 0. The number of aromatic nitrogens is 4. The van der Waals surface area contributed by atoms with E-state index in [0.717, 1.165) is 36.1 Å². The number of methoxy groups -OCH3 is 1. The minimum absolute atomic E-state index is 0.0960. The Hall–Kier alpha value is -4.13. The zero-order valence-electron chi connectivity index (χ0n) is 20.3. The summed E-state index contributed by atoms with van der Waals surface area (Å²) in [5.41, 5.74) is 2.21. The minimum atomic E-state index is -0.513. The van der Waals surface area contributed by atoms with Gasteiger partial charge in [-0.25, -0.2) is 9.78 Å². The van der Waals surface area contributed by atoms with E-state index < -0.39 is 5.60 Å². The Labute approximate surface area is 204 Å². The van der Waals surface area contributed by atoms with Gasteiger partial charge < -0.3 is 24.5 Å². The molecular formula is C25H29N7O3. The largest absolute Gasteiger partial charge is 0.496 e. The Morgan fingerprint density at radius 1 is 1.26 bits per heavy atom. The number of hydrogen-bond donors (Lipinski definition) is 2. The van der Waals surface area contributed by atoms with Crippen LogP contribution in [0.4, 0.5) is 22.2 Å². The smallest absolute Gasteiger partial charge is 0.410 e. The van der Waals surface area contributed by atoms with Gasteiger partial charge in [-0.3, -0.25) is 5.10 Å². The van der Waals surface area contributed by atoms with E-state index >= 15 is 0 Å². The van der Waals surface area contributed by atoms with E-state index in [4.69, 9.17) is 16.0 Å². The van der Waals surface area contributed by atoms with E-state index in [0.29, 0.717) is 23.9 Å². The van der Waals surface area contributed by atoms with E-state index in [1.807, 2.05) is 49.9 Å². The third-order valence-electron chi connectivity index (χ3n) is 5.62. The average molecular weight is 476 g/mol. The zero-order chi connectivity index (χ0) is 25.0. The maximum Gasteiger partial charge on any atom is 0.410 e. The van der Waals surface area contributed by atoms with Gasteiger partial charge in [-0.1, -0.05) is 12.6 Å². The molecule has 2 N–H and O–H groups in total. The molecule has 1 aliphatic heterocycles. The molecule has 4 rings (SSSR count). The van der Waals surface area contributed by atoms with Crippen molar-refractivity contribution in [3.8, 4) is 17.0 Å². The molecule has 0 unspecified atom stereocenters. The van der Waals surface area contributed by atoms with Gasteiger partial charge in [-0.15, -0.1) is 4.98 Å². The summed E-state index contributed by atoms with van der Waals surface area (Å²) in [5, 5.41) is 10.4. The molecule has 0 spiro atoms. The van der Waals surface area contributed by atoms with E-state index in [1.165, 1.54) is 12.4 Å². The second-order valence-corrected chi connectivity index (χ2v) is 9.37. The van der Waals surface area contributed by atoms with Gasteiger partial charge in [0.2, 0.25) is 0 Å². The zero-order valence-corrected chi connectivity index (χ0v) is 20.3. The quantitative estimate of drug-likeness (QED) is 0.477. The maximum atomic E-state index is 12.6. The van der Waals surface area contributed by atoms with Gasteiger partial charge in [-0.05, 0) is 57.7 Å². The summed E-state index contributed by atoms with van der Waals surface area (Å²) in [6.07, 6.45) is 5.27. The predicted molar refractivity (Wildman–Crippen MR) is 132 cm³/mol. The molecule has 35 heavy (non-hydrogen) atoms. The number of benzene rings is 1. The highest BCUT2D eigenvalue weighted by atomic mass is 16.6. The summed E-state index contributed by atoms with van der Waals surface area (Å²) in [6.45, 7) is 13.3. The lowest BCUT2D eigenvalue weighted by molar-refractivity contribution is 0.0227. The topological polar surface area (TPSA) is 110 Å². The van der Waals surface area contributed by atoms with Crippen LogP contribution in [0.3, 0.4) is 0 Å². The summed E-state index contributed by atoms with van der Waals surface area (Å²) in [5.74, 6) is 1.99. The second-order valence-electron chi connectivity index (χ2n) is 9.37. The van der Waals surface area contributed by atoms with E-state index in [9.17, 15) is 4.79 Å². The minimum Gasteiger partial charge on any atom is -0.496 e. The summed E-state index contributed by atoms with van der Waals surface area (Å²) in [7, 11) is 1.63. The van der Waals surface area contributed by atoms with E-state index in [2.05, 4.69) is 30.3 Å². The Bertz CT molecular complexity index is 1230. The first-order valence-electron chi connectivity index (χ1n) is 11.4. The molecule has 1 amide bonds. The van der Waals surface area contributed by atoms with Crippen molar-refractivity contribution in [1.29, 1.82) is 0 Å². The van der Waals surface area contributed by atoms with Crippen molar-refractivity contribution in [2.24, 2.45) is 0 Å². The number of likely N-dealkylation sites (tertiary alicyclic amines) is 1. The third-order valence-corrected chi connectivity index (χ3v) is 5.62. The highest BCUT2D eigenvalue weighted by Gasteiger charge is 2.32. The lowest BCUT2D eigenvalue weighted by Crippen LogP contribution is -2.40. The number of ether oxygens (including phenoxy) is 2. The lowest BCUT2D eigenvalue weighted by Gasteiger charge is -2.28. The average Bonchev–Trinajstić information content (AvgIpc) is 3.48. The van der Waals surface area contributed by atoms with Crippen LogP contribution in [0.25, 0.3) is 16.1 Å². The molecule has 0 radical (unpaired) electrons. The summed E-state index contributed by atoms with van der Waals surface area (Å²) in [4.78, 5) is 25.9. The van der Waals surface area contributed by atoms with Crippen molar-refractivity contribution >= 4 is 23.5 Å². The van der Waals surface area contributed by atoms with Crippen molar-refractivity contribution in [1.82, 2.24) is 25.1 Å². The molecule has 0 saturated carbocycles. The SMILES string of the molecule is [C-]#[N+]c1cnc(Nc2cc(-c3ccc(C[C@H]4CCCN4C(=O)OC(C)(C)C)cc3OC)[nH]n2)cn1. The molecule has 1 saturated heterocycles. The number of amides is 1. The highest BCUT2D eigenvalue weighted by Crippen LogP contribution is 2.33. The number of anilines is 2. The molecule has 2 aromatic heterocycles. The molecule has 1 fully saturated rings. The molecule has 3 aromatic rings. The van der Waals surface area contributed by atoms with Crippen LogP contribution in [0.1, 0.15) is 39.2 Å². The van der Waals surface area contributed by atoms with Crippen LogP contribution in [-0.2, 0) is 11.2 Å². The van der Waals surface area contributed by atoms with Crippen LogP contribution in [0.5, 0.6) is 5.75 Å². The van der Waals surface area contributed by atoms with Gasteiger partial charge in [0.15, 0.2) is 17.8 Å². The summed E-state index contributed by atoms with van der Waals surface area (Å²) in [6, 6.07) is 7.99. The number of hydrogen-bond acceptors (Lipinski definition) is 7. The van der Waals surface area contributed by atoms with Gasteiger partial charge in [0.05, 0.1) is 19.0 Å². The fraction of sp³-hybridized carbons (Fsp3) is 0.400. The van der Waals surface area contributed by atoms with E-state index in [1.54, 1.807) is 7.11 Å². The van der Waals surface area contributed by atoms with Crippen LogP contribution in [0.2, 0.25) is 0 Å². The van der Waals surface area contributed by atoms with Gasteiger partial charge in [-0.2, -0.15) is 5.10 Å². The molecule has 1 aromatic carbocycles. The fourth-order valence-corrected chi connectivity index (χ4v) is 4.06. The van der Waals surface area contributed by atoms with Crippen molar-refractivity contribution in [3.63, 3.8) is 0 Å². The van der Waals surface area contributed by atoms with Crippen molar-refractivity contribution < 1.29 is 14.3 Å². The Morgan fingerprint density at radius 3 is 2.77 bits per heavy atom. The highest BCUT2D eigenvalue weighted by molar-refractivity contribution is 5.71. The third kappa shape index (κ3) is 5.87. The van der Waals surface area contributed by atoms with Crippen LogP contribution >= 0.6 is 0 Å². The van der Waals surface area contributed by atoms with E-state index in [-0.39, 0.29) is 18.0 Å². The second kappa shape index (κ2) is 10.0. The fourth-order valence-electron chi connectivity index (χ4n) is 4.06. The predicted octanol–water partition coefficient (Wildman–Crippen LogP) is 5.11. The number of nitrogens with one attached hydrogen (secondary N) is 2. The number of H-pyrrole nitrogens is 1. The molecule has 1 atom stereocenters. The molecule has 3 heterocycles. The van der Waals surface area contributed by atoms with Crippen molar-refractivity contribution in [2.75, 3.05) is 19.0 Å². The Morgan fingerprint density at radius 2 is 2.09 bits per heavy atom. The maximum absolute atomic E-state index is 12.6. The number of rotatable bonds is 6. The molecule has 1 aliphatic rings. The lowest BCUT2D eigenvalue weighted by atomic mass is 10.0. The normalized spacial score (nSPS) is 15.5. The van der Waals surface area contributed by atoms with Crippen LogP contribution < -0.4 is 10.1 Å².